The topological polar surface area (TPSA) is 37.3 Å². The van der Waals surface area contributed by atoms with Crippen LogP contribution in [0.1, 0.15) is 45.4 Å². The van der Waals surface area contributed by atoms with E-state index in [1.807, 2.05) is 6.92 Å². The second-order valence-electron chi connectivity index (χ2n) is 8.19. The normalized spacial score (nSPS) is 12.0. The number of halogens is 1. The van der Waals surface area contributed by atoms with E-state index in [2.05, 4.69) is 91.0 Å². The van der Waals surface area contributed by atoms with Crippen LogP contribution in [-0.4, -0.2) is 17.2 Å². The van der Waals surface area contributed by atoms with Crippen molar-refractivity contribution in [1.82, 2.24) is 0 Å². The monoisotopic (exact) mass is 512 g/mol. The predicted octanol–water partition coefficient (Wildman–Crippen LogP) is 3.05. The van der Waals surface area contributed by atoms with E-state index < -0.39 is 13.2 Å². The molecule has 1 unspecified atom stereocenters. The largest absolute Gasteiger partial charge is 1.00 e. The van der Waals surface area contributed by atoms with Crippen LogP contribution in [0.25, 0.3) is 0 Å². The smallest absolute Gasteiger partial charge is 0.306 e. The van der Waals surface area contributed by atoms with Gasteiger partial charge in [-0.1, -0.05) is 74.4 Å². The molecule has 0 aliphatic rings. The van der Waals surface area contributed by atoms with E-state index in [1.165, 1.54) is 15.9 Å². The number of rotatable bonds is 12. The SMILES string of the molecule is CCC(CCCCCC[P+](c1ccccc1)(c1ccccc1)c1ccccc1)C(=O)O.[Br-]. The van der Waals surface area contributed by atoms with Crippen molar-refractivity contribution in [3.05, 3.63) is 91.0 Å². The Hall–Kier alpha value is -1.96. The maximum atomic E-state index is 11.3. The molecule has 0 aromatic heterocycles. The molecule has 0 aliphatic heterocycles. The summed E-state index contributed by atoms with van der Waals surface area (Å²) in [5, 5.41) is 13.6. The van der Waals surface area contributed by atoms with Gasteiger partial charge in [0.15, 0.2) is 0 Å². The Morgan fingerprint density at radius 3 is 1.50 bits per heavy atom. The fourth-order valence-electron chi connectivity index (χ4n) is 4.48. The van der Waals surface area contributed by atoms with E-state index in [4.69, 9.17) is 0 Å². The molecule has 3 aromatic carbocycles. The van der Waals surface area contributed by atoms with Crippen molar-refractivity contribution in [2.75, 3.05) is 6.16 Å². The predicted molar refractivity (Wildman–Crippen MR) is 135 cm³/mol. The van der Waals surface area contributed by atoms with Crippen LogP contribution in [0.4, 0.5) is 0 Å². The molecule has 0 spiro atoms. The molecule has 0 aliphatic carbocycles. The first kappa shape index (κ1) is 26.3. The van der Waals surface area contributed by atoms with Gasteiger partial charge >= 0.3 is 5.97 Å². The van der Waals surface area contributed by atoms with Crippen LogP contribution in [-0.2, 0) is 4.79 Å². The van der Waals surface area contributed by atoms with Gasteiger partial charge in [0.2, 0.25) is 0 Å². The van der Waals surface area contributed by atoms with Crippen LogP contribution in [0.2, 0.25) is 0 Å². The maximum Gasteiger partial charge on any atom is 0.306 e. The molecule has 0 saturated carbocycles. The van der Waals surface area contributed by atoms with E-state index in [1.54, 1.807) is 0 Å². The zero-order chi connectivity index (χ0) is 21.9. The van der Waals surface area contributed by atoms with E-state index in [0.29, 0.717) is 0 Å². The van der Waals surface area contributed by atoms with E-state index in [-0.39, 0.29) is 22.9 Å². The van der Waals surface area contributed by atoms with Crippen molar-refractivity contribution >= 4 is 29.1 Å². The summed E-state index contributed by atoms with van der Waals surface area (Å²) in [6.07, 6.45) is 7.05. The van der Waals surface area contributed by atoms with Crippen LogP contribution in [0.5, 0.6) is 0 Å². The number of carboxylic acids is 1. The van der Waals surface area contributed by atoms with Crippen molar-refractivity contribution in [2.24, 2.45) is 5.92 Å². The van der Waals surface area contributed by atoms with Gasteiger partial charge in [0.25, 0.3) is 0 Å². The van der Waals surface area contributed by atoms with Crippen molar-refractivity contribution < 1.29 is 26.9 Å². The van der Waals surface area contributed by atoms with Crippen molar-refractivity contribution in [3.8, 4) is 0 Å². The van der Waals surface area contributed by atoms with Gasteiger partial charge in [-0.3, -0.25) is 4.79 Å². The number of aliphatic carboxylic acids is 1. The number of hydrogen-bond acceptors (Lipinski definition) is 1. The standard InChI is InChI=1S/C28H33O2P.BrH/c1-2-24(28(29)30)16-8-3-4-15-23-31(25-17-9-5-10-18-25,26-19-11-6-12-20-26)27-21-13-7-14-22-27;/h5-7,9-14,17-22,24H,2-4,8,15-16,23H2,1H3;1H. The van der Waals surface area contributed by atoms with Crippen LogP contribution in [0.3, 0.4) is 0 Å². The van der Waals surface area contributed by atoms with Crippen LogP contribution in [0, 0.1) is 5.92 Å². The highest BCUT2D eigenvalue weighted by Gasteiger charge is 2.44. The van der Waals surface area contributed by atoms with Gasteiger partial charge in [0, 0.05) is 0 Å². The fourth-order valence-corrected chi connectivity index (χ4v) is 8.89. The Balaban J connectivity index is 0.00000363. The maximum absolute atomic E-state index is 11.3. The number of unbranched alkanes of at least 4 members (excludes halogenated alkanes) is 3. The molecule has 1 atom stereocenters. The van der Waals surface area contributed by atoms with Crippen LogP contribution in [0.15, 0.2) is 91.0 Å². The van der Waals surface area contributed by atoms with Gasteiger partial charge in [0.1, 0.15) is 23.2 Å². The molecule has 0 fully saturated rings. The molecule has 0 saturated heterocycles. The summed E-state index contributed by atoms with van der Waals surface area (Å²) < 4.78 is 0. The third-order valence-corrected chi connectivity index (χ3v) is 10.8. The third-order valence-electron chi connectivity index (χ3n) is 6.23. The Bertz CT molecular complexity index is 819. The lowest BCUT2D eigenvalue weighted by Gasteiger charge is -2.27. The molecule has 32 heavy (non-hydrogen) atoms. The number of benzene rings is 3. The first-order valence-corrected chi connectivity index (χ1v) is 13.4. The summed E-state index contributed by atoms with van der Waals surface area (Å²) in [5.41, 5.74) is 0. The first-order chi connectivity index (χ1) is 15.2. The van der Waals surface area contributed by atoms with E-state index in [0.717, 1.165) is 44.7 Å². The summed E-state index contributed by atoms with van der Waals surface area (Å²) in [7, 11) is -1.74. The fraction of sp³-hybridized carbons (Fsp3) is 0.321. The third kappa shape index (κ3) is 6.53. The lowest BCUT2D eigenvalue weighted by molar-refractivity contribution is -0.142. The van der Waals surface area contributed by atoms with Gasteiger partial charge in [-0.05, 0) is 62.1 Å². The molecule has 0 bridgehead atoms. The summed E-state index contributed by atoms with van der Waals surface area (Å²) >= 11 is 0. The Kier molecular flexibility index (Phi) is 11.1. The highest BCUT2D eigenvalue weighted by molar-refractivity contribution is 7.95. The molecule has 1 N–H and O–H groups in total. The number of carboxylic acid groups (broad SMARTS) is 1. The van der Waals surface area contributed by atoms with Crippen molar-refractivity contribution in [2.45, 2.75) is 45.4 Å². The van der Waals surface area contributed by atoms with Crippen LogP contribution >= 0.6 is 7.26 Å². The average Bonchev–Trinajstić information content (AvgIpc) is 2.83. The summed E-state index contributed by atoms with van der Waals surface area (Å²) in [4.78, 5) is 11.3. The highest BCUT2D eigenvalue weighted by atomic mass is 79.9. The Morgan fingerprint density at radius 2 is 1.12 bits per heavy atom. The molecule has 3 aromatic rings. The Labute approximate surface area is 204 Å². The van der Waals surface area contributed by atoms with Gasteiger partial charge in [0.05, 0.1) is 12.1 Å². The lowest BCUT2D eigenvalue weighted by atomic mass is 9.99. The van der Waals surface area contributed by atoms with E-state index in [9.17, 15) is 9.90 Å². The summed E-state index contributed by atoms with van der Waals surface area (Å²) in [6, 6.07) is 33.0. The first-order valence-electron chi connectivity index (χ1n) is 11.5. The molecule has 2 nitrogen and oxygen atoms in total. The van der Waals surface area contributed by atoms with Gasteiger partial charge in [-0.25, -0.2) is 0 Å². The molecule has 4 heteroatoms. The number of hydrogen-bond donors (Lipinski definition) is 1. The molecular formula is C28H34BrO2P. The van der Waals surface area contributed by atoms with Gasteiger partial charge < -0.3 is 22.1 Å². The summed E-state index contributed by atoms with van der Waals surface area (Å²) in [5.74, 6) is -0.839. The van der Waals surface area contributed by atoms with Crippen molar-refractivity contribution in [3.63, 3.8) is 0 Å². The minimum absolute atomic E-state index is 0. The second kappa shape index (κ2) is 13.6. The van der Waals surface area contributed by atoms with E-state index >= 15 is 0 Å². The average molecular weight is 513 g/mol. The lowest BCUT2D eigenvalue weighted by Crippen LogP contribution is -3.00. The second-order valence-corrected chi connectivity index (χ2v) is 11.8. The zero-order valence-corrected chi connectivity index (χ0v) is 21.3. The molecule has 0 radical (unpaired) electrons. The Morgan fingerprint density at radius 1 is 0.719 bits per heavy atom. The highest BCUT2D eigenvalue weighted by Crippen LogP contribution is 2.55. The van der Waals surface area contributed by atoms with Crippen LogP contribution < -0.4 is 32.9 Å². The quantitative estimate of drug-likeness (QED) is 0.299. The van der Waals surface area contributed by atoms with Gasteiger partial charge in [-0.2, -0.15) is 0 Å². The molecule has 0 heterocycles. The minimum Gasteiger partial charge on any atom is -1.00 e. The van der Waals surface area contributed by atoms with Crippen molar-refractivity contribution in [1.29, 1.82) is 0 Å². The minimum atomic E-state index is -1.74. The number of carbonyl (C=O) groups is 1. The zero-order valence-electron chi connectivity index (χ0n) is 18.9. The molecule has 170 valence electrons. The van der Waals surface area contributed by atoms with Gasteiger partial charge in [-0.15, -0.1) is 0 Å². The molecule has 0 amide bonds. The molecule has 3 rings (SSSR count). The summed E-state index contributed by atoms with van der Waals surface area (Å²) in [6.45, 7) is 1.97. The molecular weight excluding hydrogens is 479 g/mol.